The summed E-state index contributed by atoms with van der Waals surface area (Å²) in [4.78, 5) is 5.32. The molecule has 0 radical (unpaired) electrons. The summed E-state index contributed by atoms with van der Waals surface area (Å²) < 4.78 is 10.4. The number of nitrogens with zero attached hydrogens (tertiary/aromatic N) is 2. The number of fused-ring (bicyclic) bond motifs is 11. The number of thiophene rings is 1. The Kier molecular flexibility index (Phi) is 10.5. The van der Waals surface area contributed by atoms with Crippen LogP contribution in [-0.2, 0) is 23.7 Å². The fourth-order valence-electron chi connectivity index (χ4n) is 12.5. The van der Waals surface area contributed by atoms with Gasteiger partial charge in [-0.05, 0) is 160 Å². The van der Waals surface area contributed by atoms with Crippen LogP contribution in [0.1, 0.15) is 102 Å². The molecule has 2 aromatic heterocycles. The molecule has 71 heavy (non-hydrogen) atoms. The van der Waals surface area contributed by atoms with Crippen LogP contribution in [-0.4, -0.2) is 6.85 Å². The van der Waals surface area contributed by atoms with E-state index in [0.717, 1.165) is 55.5 Å². The first kappa shape index (κ1) is 44.1. The lowest BCUT2D eigenvalue weighted by atomic mass is 9.45. The van der Waals surface area contributed by atoms with Crippen LogP contribution in [0.15, 0.2) is 168 Å². The predicted octanol–water partition coefficient (Wildman–Crippen LogP) is 17.9. The van der Waals surface area contributed by atoms with Crippen LogP contribution >= 0.6 is 11.3 Å². The Morgan fingerprint density at radius 1 is 0.535 bits per heavy atom. The molecular formula is C66H61BN2OS. The van der Waals surface area contributed by atoms with Crippen molar-refractivity contribution in [3.8, 4) is 33.4 Å². The molecule has 0 saturated heterocycles. The molecule has 0 bridgehead atoms. The molecule has 2 aliphatic heterocycles. The van der Waals surface area contributed by atoms with Crippen molar-refractivity contribution in [2.75, 3.05) is 9.71 Å². The number of anilines is 5. The third-order valence-electron chi connectivity index (χ3n) is 16.5. The molecule has 350 valence electrons. The maximum absolute atomic E-state index is 7.80. The lowest BCUT2D eigenvalue weighted by molar-refractivity contribution is 0.332. The van der Waals surface area contributed by atoms with E-state index in [0.29, 0.717) is 0 Å². The zero-order valence-corrected chi connectivity index (χ0v) is 42.9. The fraction of sp³-hybridized carbons (Fsp3) is 0.242. The topological polar surface area (TPSA) is 19.6 Å². The highest BCUT2D eigenvalue weighted by Crippen LogP contribution is 2.56. The Labute approximate surface area is 423 Å². The molecule has 0 saturated carbocycles. The Morgan fingerprint density at radius 2 is 1.20 bits per heavy atom. The maximum Gasteiger partial charge on any atom is 0.375 e. The summed E-state index contributed by atoms with van der Waals surface area (Å²) in [7, 11) is 0. The number of rotatable bonds is 10. The van der Waals surface area contributed by atoms with Crippen LogP contribution in [0.2, 0.25) is 0 Å². The van der Waals surface area contributed by atoms with Gasteiger partial charge in [0.25, 0.3) is 0 Å². The molecule has 13 rings (SSSR count). The van der Waals surface area contributed by atoms with Gasteiger partial charge in [0.1, 0.15) is 11.2 Å². The highest BCUT2D eigenvalue weighted by molar-refractivity contribution is 7.26. The van der Waals surface area contributed by atoms with E-state index in [1.807, 2.05) is 11.3 Å². The average molecular weight is 941 g/mol. The van der Waals surface area contributed by atoms with E-state index >= 15 is 0 Å². The average Bonchev–Trinajstić information content (AvgIpc) is 3.98. The van der Waals surface area contributed by atoms with Crippen molar-refractivity contribution >= 4 is 88.9 Å². The zero-order valence-electron chi connectivity index (χ0n) is 42.0. The molecule has 3 nitrogen and oxygen atoms in total. The molecule has 5 heteroatoms. The molecule has 0 spiro atoms. The Balaban J connectivity index is 1.20. The van der Waals surface area contributed by atoms with E-state index in [-0.39, 0.29) is 17.7 Å². The zero-order chi connectivity index (χ0) is 48.2. The summed E-state index contributed by atoms with van der Waals surface area (Å²) in [6.45, 7) is 14.1. The van der Waals surface area contributed by atoms with E-state index in [9.17, 15) is 0 Å². The number of furan rings is 1. The second-order valence-corrected chi connectivity index (χ2v) is 23.0. The largest absolute Gasteiger partial charge is 0.466 e. The third kappa shape index (κ3) is 7.05. The van der Waals surface area contributed by atoms with Gasteiger partial charge in [0.05, 0.1) is 11.4 Å². The Bertz CT molecular complexity index is 3690. The van der Waals surface area contributed by atoms with Gasteiger partial charge in [-0.25, -0.2) is 0 Å². The lowest BCUT2D eigenvalue weighted by Gasteiger charge is -2.45. The first-order valence-electron chi connectivity index (χ1n) is 26.3. The SMILES string of the molecule is CCCCc1ccc(N2B3c4oc5cc6c(cc5c4N(c4ccc(CCCC)cc4-c4ccccc4)c4cc(-c5ccccc5)cc(c43)-c3ccc4sc5ccccc5c4c32)C(C)(C)CCC6(C)C)cc1. The molecule has 0 unspecified atom stereocenters. The molecule has 8 aromatic carbocycles. The maximum atomic E-state index is 7.80. The standard InChI is InChI=1S/C66H61BN2OS/c1-7-9-19-42-27-30-47(31-28-42)69-62-48(32-34-59-60(62)49-25-17-18-26-58(49)71-59)51-38-46(44-21-13-11-14-22-44)39-56-61(51)67(69)64-63(52-40-53-54(41-57(52)70-64)66(5,6)36-35-65(53,3)4)68(56)55-33-29-43(20-10-8-2)37-50(55)45-23-15-12-16-24-45/h11-18,21-34,37-41H,7-10,19-20,35-36H2,1-6H3. The summed E-state index contributed by atoms with van der Waals surface area (Å²) >= 11 is 1.90. The minimum Gasteiger partial charge on any atom is -0.466 e. The van der Waals surface area contributed by atoms with Crippen molar-refractivity contribution in [2.45, 2.75) is 104 Å². The Hall–Kier alpha value is -6.82. The first-order valence-corrected chi connectivity index (χ1v) is 27.1. The summed E-state index contributed by atoms with van der Waals surface area (Å²) in [5.74, 6) is 0. The van der Waals surface area contributed by atoms with Gasteiger partial charge in [0, 0.05) is 53.7 Å². The van der Waals surface area contributed by atoms with Crippen molar-refractivity contribution in [2.24, 2.45) is 0 Å². The van der Waals surface area contributed by atoms with Gasteiger partial charge in [-0.15, -0.1) is 11.3 Å². The second-order valence-electron chi connectivity index (χ2n) is 21.9. The monoisotopic (exact) mass is 940 g/mol. The molecule has 0 amide bonds. The van der Waals surface area contributed by atoms with Crippen LogP contribution < -0.4 is 20.8 Å². The van der Waals surface area contributed by atoms with Crippen LogP contribution in [0, 0.1) is 0 Å². The highest BCUT2D eigenvalue weighted by atomic mass is 32.1. The molecular weight excluding hydrogens is 880 g/mol. The first-order chi connectivity index (χ1) is 34.6. The van der Waals surface area contributed by atoms with E-state index < -0.39 is 0 Å². The number of unbranched alkanes of at least 4 members (excludes halogenated alkanes) is 2. The van der Waals surface area contributed by atoms with Gasteiger partial charge in [0.2, 0.25) is 0 Å². The molecule has 0 fully saturated rings. The van der Waals surface area contributed by atoms with Crippen LogP contribution in [0.5, 0.6) is 0 Å². The van der Waals surface area contributed by atoms with Gasteiger partial charge >= 0.3 is 6.85 Å². The molecule has 0 N–H and O–H groups in total. The molecule has 1 aliphatic carbocycles. The van der Waals surface area contributed by atoms with Crippen molar-refractivity contribution in [3.05, 3.63) is 186 Å². The van der Waals surface area contributed by atoms with E-state index in [1.54, 1.807) is 0 Å². The minimum atomic E-state index is -0.274. The quantitative estimate of drug-likeness (QED) is 0.127. The Morgan fingerprint density at radius 3 is 1.93 bits per heavy atom. The van der Waals surface area contributed by atoms with Crippen molar-refractivity contribution in [3.63, 3.8) is 0 Å². The second kappa shape index (κ2) is 16.9. The predicted molar refractivity (Wildman–Crippen MR) is 306 cm³/mol. The summed E-state index contributed by atoms with van der Waals surface area (Å²) in [6, 6.07) is 62.8. The lowest BCUT2D eigenvalue weighted by Crippen LogP contribution is -2.61. The van der Waals surface area contributed by atoms with Gasteiger partial charge in [-0.2, -0.15) is 0 Å². The number of aryl methyl sites for hydroxylation is 2. The summed E-state index contributed by atoms with van der Waals surface area (Å²) in [5, 5.41) is 3.78. The number of hydrogen-bond acceptors (Lipinski definition) is 4. The van der Waals surface area contributed by atoms with E-state index in [2.05, 4.69) is 215 Å². The summed E-state index contributed by atoms with van der Waals surface area (Å²) in [5.41, 5.74) is 22.1. The van der Waals surface area contributed by atoms with Gasteiger partial charge in [-0.1, -0.05) is 158 Å². The fourth-order valence-corrected chi connectivity index (χ4v) is 13.6. The third-order valence-corrected chi connectivity index (χ3v) is 17.6. The van der Waals surface area contributed by atoms with Crippen molar-refractivity contribution in [1.82, 2.24) is 0 Å². The van der Waals surface area contributed by atoms with Gasteiger partial charge < -0.3 is 14.1 Å². The molecule has 0 atom stereocenters. The van der Waals surface area contributed by atoms with Crippen molar-refractivity contribution < 1.29 is 4.42 Å². The van der Waals surface area contributed by atoms with Crippen LogP contribution in [0.3, 0.4) is 0 Å². The van der Waals surface area contributed by atoms with Crippen molar-refractivity contribution in [1.29, 1.82) is 0 Å². The molecule has 4 heterocycles. The van der Waals surface area contributed by atoms with Gasteiger partial charge in [0.15, 0.2) is 0 Å². The number of hydrogen-bond donors (Lipinski definition) is 0. The number of benzene rings is 8. The highest BCUT2D eigenvalue weighted by Gasteiger charge is 2.50. The summed E-state index contributed by atoms with van der Waals surface area (Å²) in [6.07, 6.45) is 9.06. The smallest absolute Gasteiger partial charge is 0.375 e. The normalized spacial score (nSPS) is 15.3. The van der Waals surface area contributed by atoms with Crippen LogP contribution in [0.25, 0.3) is 64.5 Å². The van der Waals surface area contributed by atoms with E-state index in [1.165, 1.54) is 122 Å². The minimum absolute atomic E-state index is 0.00528. The van der Waals surface area contributed by atoms with Crippen LogP contribution in [0.4, 0.5) is 28.4 Å². The van der Waals surface area contributed by atoms with Gasteiger partial charge in [-0.3, -0.25) is 0 Å². The van der Waals surface area contributed by atoms with E-state index in [4.69, 9.17) is 4.42 Å². The molecule has 3 aliphatic rings. The molecule has 10 aromatic rings.